The van der Waals surface area contributed by atoms with Crippen molar-refractivity contribution < 1.29 is 19.2 Å². The predicted molar refractivity (Wildman–Crippen MR) is 237 cm³/mol. The first-order valence-corrected chi connectivity index (χ1v) is 21.0. The van der Waals surface area contributed by atoms with E-state index in [-0.39, 0.29) is 36.0 Å². The van der Waals surface area contributed by atoms with E-state index >= 15 is 0 Å². The molecule has 14 nitrogen and oxygen atoms in total. The quantitative estimate of drug-likeness (QED) is 0.106. The van der Waals surface area contributed by atoms with Crippen LogP contribution >= 0.6 is 0 Å². The second-order valence-electron chi connectivity index (χ2n) is 16.3. The number of hydrogen-bond donors (Lipinski definition) is 4. The standard InChI is InChI=1S/C48H52N10O4/c1-55(2)47(61)53-41(35-13-7-5-8-14-35)45(59)57-27-11-17-39(57)43-49-29-37(51-43)33-23-19-31(20-24-33)32-21-25-34(26-22-32)38-30-50-44(52-38)40-18-12-28-58(40)46(60)42(54-48(62)56(3)4)36-15-9-6-10-16-36/h5-10,13-16,19-26,29-30,39-42H,11-12,17-18,27-28H2,1-4H3,(H,49,51)(H,50,52)(H,53,61)(H,54,62)/t39-,40-,41+,42+/m0/s1. The van der Waals surface area contributed by atoms with Gasteiger partial charge in [-0.3, -0.25) is 9.59 Å². The van der Waals surface area contributed by atoms with Gasteiger partial charge in [-0.15, -0.1) is 0 Å². The molecular formula is C48H52N10O4. The maximum atomic E-state index is 14.1. The molecule has 2 aromatic heterocycles. The Bertz CT molecular complexity index is 2320. The summed E-state index contributed by atoms with van der Waals surface area (Å²) in [6.45, 7) is 1.15. The lowest BCUT2D eigenvalue weighted by Crippen LogP contribution is -2.45. The van der Waals surface area contributed by atoms with Crippen LogP contribution in [0.1, 0.15) is 72.6 Å². The average molecular weight is 833 g/mol. The molecule has 0 spiro atoms. The van der Waals surface area contributed by atoms with Gasteiger partial charge in [0.2, 0.25) is 11.8 Å². The van der Waals surface area contributed by atoms with E-state index in [2.05, 4.69) is 69.1 Å². The number of rotatable bonds is 11. The summed E-state index contributed by atoms with van der Waals surface area (Å²) in [4.78, 5) is 76.5. The Morgan fingerprint density at radius 2 is 0.903 bits per heavy atom. The molecule has 4 atom stereocenters. The molecule has 2 aliphatic heterocycles. The summed E-state index contributed by atoms with van der Waals surface area (Å²) in [5, 5.41) is 5.82. The van der Waals surface area contributed by atoms with E-state index < -0.39 is 12.1 Å². The second kappa shape index (κ2) is 18.2. The summed E-state index contributed by atoms with van der Waals surface area (Å²) in [6.07, 6.45) is 6.82. The number of nitrogens with one attached hydrogen (secondary N) is 4. The van der Waals surface area contributed by atoms with Crippen LogP contribution in [0.25, 0.3) is 33.6 Å². The minimum Gasteiger partial charge on any atom is -0.340 e. The van der Waals surface area contributed by atoms with Crippen LogP contribution in [0, 0.1) is 0 Å². The first-order chi connectivity index (χ1) is 30.0. The summed E-state index contributed by atoms with van der Waals surface area (Å²) in [5.41, 5.74) is 7.22. The Morgan fingerprint density at radius 3 is 1.26 bits per heavy atom. The van der Waals surface area contributed by atoms with Gasteiger partial charge in [0.05, 0.1) is 35.9 Å². The van der Waals surface area contributed by atoms with E-state index in [0.717, 1.165) is 82.1 Å². The fourth-order valence-corrected chi connectivity index (χ4v) is 8.32. The number of imidazole rings is 2. The lowest BCUT2D eigenvalue weighted by molar-refractivity contribution is -0.135. The van der Waals surface area contributed by atoms with Crippen LogP contribution in [0.2, 0.25) is 0 Å². The highest BCUT2D eigenvalue weighted by molar-refractivity contribution is 5.89. The highest BCUT2D eigenvalue weighted by atomic mass is 16.2. The third kappa shape index (κ3) is 8.80. The van der Waals surface area contributed by atoms with Gasteiger partial charge in [0.1, 0.15) is 23.7 Å². The minimum atomic E-state index is -0.816. The topological polar surface area (TPSA) is 163 Å². The number of urea groups is 2. The molecule has 318 valence electrons. The number of amides is 6. The highest BCUT2D eigenvalue weighted by Gasteiger charge is 2.38. The number of aromatic nitrogens is 4. The molecule has 2 saturated heterocycles. The van der Waals surface area contributed by atoms with Gasteiger partial charge < -0.3 is 40.2 Å². The van der Waals surface area contributed by atoms with Gasteiger partial charge in [-0.05, 0) is 59.1 Å². The lowest BCUT2D eigenvalue weighted by Gasteiger charge is -2.29. The molecule has 0 unspecified atom stereocenters. The molecule has 62 heavy (non-hydrogen) atoms. The van der Waals surface area contributed by atoms with Crippen molar-refractivity contribution in [2.75, 3.05) is 41.3 Å². The Hall–Kier alpha value is -7.22. The van der Waals surface area contributed by atoms with Crippen molar-refractivity contribution >= 4 is 23.9 Å². The molecule has 8 rings (SSSR count). The van der Waals surface area contributed by atoms with Crippen LogP contribution in [0.3, 0.4) is 0 Å². The molecule has 0 radical (unpaired) electrons. The van der Waals surface area contributed by atoms with Crippen molar-refractivity contribution in [3.8, 4) is 33.6 Å². The summed E-state index contributed by atoms with van der Waals surface area (Å²) >= 11 is 0. The third-order valence-corrected chi connectivity index (χ3v) is 11.7. The van der Waals surface area contributed by atoms with Crippen LogP contribution < -0.4 is 10.6 Å². The summed E-state index contributed by atoms with van der Waals surface area (Å²) in [5.74, 6) is 1.11. The number of carbonyl (C=O) groups excluding carboxylic acids is 4. The van der Waals surface area contributed by atoms with E-state index in [9.17, 15) is 19.2 Å². The summed E-state index contributed by atoms with van der Waals surface area (Å²) in [6, 6.07) is 32.5. The van der Waals surface area contributed by atoms with Crippen LogP contribution in [0.15, 0.2) is 122 Å². The van der Waals surface area contributed by atoms with Gasteiger partial charge >= 0.3 is 12.1 Å². The number of H-pyrrole nitrogens is 2. The number of benzene rings is 4. The number of nitrogens with zero attached hydrogens (tertiary/aromatic N) is 6. The van der Waals surface area contributed by atoms with Crippen molar-refractivity contribution in [1.29, 1.82) is 0 Å². The molecule has 2 aliphatic rings. The van der Waals surface area contributed by atoms with Gasteiger partial charge in [-0.25, -0.2) is 19.6 Å². The lowest BCUT2D eigenvalue weighted by atomic mass is 10.0. The maximum Gasteiger partial charge on any atom is 0.317 e. The van der Waals surface area contributed by atoms with Crippen LogP contribution in [-0.2, 0) is 9.59 Å². The van der Waals surface area contributed by atoms with Gasteiger partial charge in [-0.1, -0.05) is 109 Å². The zero-order valence-corrected chi connectivity index (χ0v) is 35.4. The van der Waals surface area contributed by atoms with Gasteiger partial charge in [0.25, 0.3) is 0 Å². The molecule has 4 heterocycles. The third-order valence-electron chi connectivity index (χ3n) is 11.7. The molecule has 4 aromatic carbocycles. The summed E-state index contributed by atoms with van der Waals surface area (Å²) in [7, 11) is 6.62. The summed E-state index contributed by atoms with van der Waals surface area (Å²) < 4.78 is 0. The zero-order valence-electron chi connectivity index (χ0n) is 35.4. The SMILES string of the molecule is CN(C)C(=O)N[C@@H](C(=O)N1CCC[C@H]1c1ncc(-c2ccc(-c3ccc(-c4cnc([C@@H]5CCCN5C(=O)[C@H](NC(=O)N(C)C)c5ccccc5)[nH]4)cc3)cc2)[nH]1)c1ccccc1. The largest absolute Gasteiger partial charge is 0.340 e. The monoisotopic (exact) mass is 832 g/mol. The Kier molecular flexibility index (Phi) is 12.2. The molecule has 0 bridgehead atoms. The molecule has 0 saturated carbocycles. The van der Waals surface area contributed by atoms with Gasteiger partial charge in [-0.2, -0.15) is 0 Å². The van der Waals surface area contributed by atoms with E-state index in [1.54, 1.807) is 28.2 Å². The second-order valence-corrected chi connectivity index (χ2v) is 16.3. The Balaban J connectivity index is 0.929. The van der Waals surface area contributed by atoms with Crippen molar-refractivity contribution in [3.63, 3.8) is 0 Å². The van der Waals surface area contributed by atoms with E-state index in [4.69, 9.17) is 9.97 Å². The van der Waals surface area contributed by atoms with Crippen LogP contribution in [0.4, 0.5) is 9.59 Å². The molecule has 0 aliphatic carbocycles. The van der Waals surface area contributed by atoms with Gasteiger partial charge in [0, 0.05) is 41.3 Å². The smallest absolute Gasteiger partial charge is 0.317 e. The number of likely N-dealkylation sites (tertiary alicyclic amines) is 2. The van der Waals surface area contributed by atoms with Gasteiger partial charge in [0.15, 0.2) is 0 Å². The predicted octanol–water partition coefficient (Wildman–Crippen LogP) is 7.49. The Labute approximate surface area is 361 Å². The first-order valence-electron chi connectivity index (χ1n) is 21.0. The number of carbonyl (C=O) groups is 4. The fourth-order valence-electron chi connectivity index (χ4n) is 8.32. The molecule has 6 aromatic rings. The maximum absolute atomic E-state index is 14.1. The van der Waals surface area contributed by atoms with Crippen LogP contribution in [-0.4, -0.2) is 105 Å². The van der Waals surface area contributed by atoms with Crippen molar-refractivity contribution in [1.82, 2.24) is 50.2 Å². The number of aromatic amines is 2. The fraction of sp³-hybridized carbons (Fsp3) is 0.292. The van der Waals surface area contributed by atoms with E-state index in [0.29, 0.717) is 13.1 Å². The molecule has 4 N–H and O–H groups in total. The average Bonchev–Trinajstić information content (AvgIpc) is 4.15. The Morgan fingerprint density at radius 1 is 0.548 bits per heavy atom. The zero-order chi connectivity index (χ0) is 43.3. The first kappa shape index (κ1) is 41.5. The highest BCUT2D eigenvalue weighted by Crippen LogP contribution is 2.36. The van der Waals surface area contributed by atoms with Crippen molar-refractivity contribution in [2.45, 2.75) is 49.9 Å². The molecule has 14 heteroatoms. The molecule has 2 fully saturated rings. The van der Waals surface area contributed by atoms with Crippen molar-refractivity contribution in [2.24, 2.45) is 0 Å². The van der Waals surface area contributed by atoms with E-state index in [1.807, 2.05) is 82.9 Å². The number of hydrogen-bond acceptors (Lipinski definition) is 6. The molecule has 6 amide bonds. The van der Waals surface area contributed by atoms with Crippen molar-refractivity contribution in [3.05, 3.63) is 144 Å². The minimum absolute atomic E-state index is 0.163. The van der Waals surface area contributed by atoms with Crippen LogP contribution in [0.5, 0.6) is 0 Å². The van der Waals surface area contributed by atoms with E-state index in [1.165, 1.54) is 9.80 Å². The normalized spacial score (nSPS) is 17.0. The molecular weight excluding hydrogens is 781 g/mol.